The first-order valence-corrected chi connectivity index (χ1v) is 11.7. The molecule has 0 aliphatic carbocycles. The number of amides is 1. The van der Waals surface area contributed by atoms with E-state index in [0.717, 1.165) is 17.1 Å². The number of hydrogen-bond donors (Lipinski definition) is 1. The van der Waals surface area contributed by atoms with Crippen LogP contribution in [0.1, 0.15) is 19.8 Å². The number of nitrogens with zero attached hydrogens (tertiary/aromatic N) is 2. The molecule has 36 heavy (non-hydrogen) atoms. The van der Waals surface area contributed by atoms with Crippen LogP contribution in [0.2, 0.25) is 0 Å². The molecule has 1 aliphatic heterocycles. The number of fused-ring (bicyclic) bond motifs is 1. The number of anilines is 1. The van der Waals surface area contributed by atoms with Crippen LogP contribution in [-0.4, -0.2) is 44.0 Å². The summed E-state index contributed by atoms with van der Waals surface area (Å²) in [6.45, 7) is 1.59. The number of nitrogens with one attached hydrogen (secondary N) is 1. The summed E-state index contributed by atoms with van der Waals surface area (Å²) in [4.78, 5) is 30.9. The maximum atomic E-state index is 12.5. The van der Waals surface area contributed by atoms with Gasteiger partial charge in [0.2, 0.25) is 12.1 Å². The summed E-state index contributed by atoms with van der Waals surface area (Å²) in [5, 5.41) is 2.65. The lowest BCUT2D eigenvalue weighted by Gasteiger charge is -2.35. The van der Waals surface area contributed by atoms with Crippen LogP contribution in [-0.2, 0) is 14.3 Å². The molecule has 1 heterocycles. The van der Waals surface area contributed by atoms with E-state index in [1.54, 1.807) is 6.92 Å². The summed E-state index contributed by atoms with van der Waals surface area (Å²) in [5.74, 6) is 1.33. The van der Waals surface area contributed by atoms with Crippen molar-refractivity contribution >= 4 is 29.0 Å². The average Bonchev–Trinajstić information content (AvgIpc) is 2.90. The number of benzene rings is 3. The Labute approximate surface area is 210 Å². The minimum Gasteiger partial charge on any atom is -0.467 e. The minimum absolute atomic E-state index is 0.153. The highest BCUT2D eigenvalue weighted by molar-refractivity contribution is 5.99. The van der Waals surface area contributed by atoms with Crippen molar-refractivity contribution in [1.82, 2.24) is 5.32 Å². The van der Waals surface area contributed by atoms with E-state index < -0.39 is 18.2 Å². The molecule has 8 heteroatoms. The zero-order valence-electron chi connectivity index (χ0n) is 20.5. The standard InChI is InChI=1S/C28H29N3O5/c1-19(28(33)34-3)29-26(32)18-17-24-27(31(2)25-12-8-7-11-23(25)30-24)36-22-15-13-21(14-16-22)35-20-9-5-4-6-10-20/h4-16,19,27H,17-18H2,1-3H3,(H,29,32). The van der Waals surface area contributed by atoms with Crippen molar-refractivity contribution in [2.24, 2.45) is 4.99 Å². The molecule has 4 rings (SSSR count). The SMILES string of the molecule is COC(=O)C(C)NC(=O)CCC1=Nc2ccccc2N(C)C1Oc1ccc(Oc2ccccc2)cc1. The van der Waals surface area contributed by atoms with Crippen molar-refractivity contribution in [3.8, 4) is 17.2 Å². The fourth-order valence-corrected chi connectivity index (χ4v) is 3.87. The number of esters is 1. The van der Waals surface area contributed by atoms with Gasteiger partial charge in [0.05, 0.1) is 24.2 Å². The van der Waals surface area contributed by atoms with Crippen molar-refractivity contribution in [2.75, 3.05) is 19.1 Å². The van der Waals surface area contributed by atoms with Crippen molar-refractivity contribution in [2.45, 2.75) is 32.0 Å². The van der Waals surface area contributed by atoms with Gasteiger partial charge in [0.15, 0.2) is 0 Å². The minimum atomic E-state index is -0.720. The van der Waals surface area contributed by atoms with Crippen LogP contribution >= 0.6 is 0 Å². The van der Waals surface area contributed by atoms with Crippen LogP contribution in [0.15, 0.2) is 83.9 Å². The Morgan fingerprint density at radius 1 is 0.944 bits per heavy atom. The van der Waals surface area contributed by atoms with Gasteiger partial charge in [-0.2, -0.15) is 0 Å². The average molecular weight is 488 g/mol. The molecule has 0 bridgehead atoms. The largest absolute Gasteiger partial charge is 0.467 e. The summed E-state index contributed by atoms with van der Waals surface area (Å²) in [6.07, 6.45) is 0.00430. The number of carbonyl (C=O) groups excluding carboxylic acids is 2. The van der Waals surface area contributed by atoms with Crippen LogP contribution in [0, 0.1) is 0 Å². The third kappa shape index (κ3) is 6.02. The van der Waals surface area contributed by atoms with Gasteiger partial charge in [-0.3, -0.25) is 4.79 Å². The number of carbonyl (C=O) groups is 2. The second-order valence-corrected chi connectivity index (χ2v) is 8.37. The van der Waals surface area contributed by atoms with Gasteiger partial charge in [-0.25, -0.2) is 9.79 Å². The Morgan fingerprint density at radius 3 is 2.31 bits per heavy atom. The van der Waals surface area contributed by atoms with Gasteiger partial charge in [-0.05, 0) is 55.5 Å². The Kier molecular flexibility index (Phi) is 7.85. The van der Waals surface area contributed by atoms with E-state index in [1.165, 1.54) is 7.11 Å². The molecule has 8 nitrogen and oxygen atoms in total. The molecule has 186 valence electrons. The fourth-order valence-electron chi connectivity index (χ4n) is 3.87. The topological polar surface area (TPSA) is 89.5 Å². The monoisotopic (exact) mass is 487 g/mol. The first-order valence-electron chi connectivity index (χ1n) is 11.7. The lowest BCUT2D eigenvalue weighted by Crippen LogP contribution is -2.46. The van der Waals surface area contributed by atoms with Crippen LogP contribution in [0.4, 0.5) is 11.4 Å². The Bertz CT molecular complexity index is 1230. The Balaban J connectivity index is 1.47. The van der Waals surface area contributed by atoms with Crippen molar-refractivity contribution in [3.63, 3.8) is 0 Å². The van der Waals surface area contributed by atoms with Crippen molar-refractivity contribution in [3.05, 3.63) is 78.9 Å². The maximum absolute atomic E-state index is 12.5. The second-order valence-electron chi connectivity index (χ2n) is 8.37. The molecule has 0 fully saturated rings. The number of aliphatic imine (C=N–C) groups is 1. The molecule has 2 atom stereocenters. The second kappa shape index (κ2) is 11.4. The normalized spacial score (nSPS) is 15.2. The summed E-state index contributed by atoms with van der Waals surface area (Å²) in [6, 6.07) is 24.0. The van der Waals surface area contributed by atoms with E-state index in [4.69, 9.17) is 14.5 Å². The van der Waals surface area contributed by atoms with Crippen molar-refractivity contribution in [1.29, 1.82) is 0 Å². The molecule has 1 aliphatic rings. The number of rotatable bonds is 9. The van der Waals surface area contributed by atoms with E-state index >= 15 is 0 Å². The number of hydrogen-bond acceptors (Lipinski definition) is 7. The summed E-state index contributed by atoms with van der Waals surface area (Å²) in [7, 11) is 3.22. The van der Waals surface area contributed by atoms with Crippen LogP contribution < -0.4 is 19.7 Å². The van der Waals surface area contributed by atoms with Crippen molar-refractivity contribution < 1.29 is 23.8 Å². The van der Waals surface area contributed by atoms with Gasteiger partial charge >= 0.3 is 5.97 Å². The van der Waals surface area contributed by atoms with Crippen LogP contribution in [0.3, 0.4) is 0 Å². The highest BCUT2D eigenvalue weighted by Crippen LogP contribution is 2.35. The Hall–Kier alpha value is -4.33. The first kappa shape index (κ1) is 24.8. The van der Waals surface area contributed by atoms with Gasteiger partial charge in [0.1, 0.15) is 23.3 Å². The molecule has 0 radical (unpaired) electrons. The lowest BCUT2D eigenvalue weighted by atomic mass is 10.1. The van der Waals surface area contributed by atoms with E-state index in [2.05, 4.69) is 10.1 Å². The number of methoxy groups -OCH3 is 1. The van der Waals surface area contributed by atoms with Crippen LogP contribution in [0.5, 0.6) is 17.2 Å². The molecule has 1 N–H and O–H groups in total. The first-order chi connectivity index (χ1) is 17.4. The molecule has 1 amide bonds. The Morgan fingerprint density at radius 2 is 1.58 bits per heavy atom. The predicted molar refractivity (Wildman–Crippen MR) is 138 cm³/mol. The molecule has 3 aromatic carbocycles. The van der Waals surface area contributed by atoms with Gasteiger partial charge in [-0.1, -0.05) is 30.3 Å². The predicted octanol–water partition coefficient (Wildman–Crippen LogP) is 4.86. The lowest BCUT2D eigenvalue weighted by molar-refractivity contribution is -0.144. The zero-order valence-corrected chi connectivity index (χ0v) is 20.5. The summed E-state index contributed by atoms with van der Waals surface area (Å²) in [5.41, 5.74) is 2.45. The fraction of sp³-hybridized carbons (Fsp3) is 0.250. The third-order valence-electron chi connectivity index (χ3n) is 5.75. The summed E-state index contributed by atoms with van der Waals surface area (Å²) >= 11 is 0. The highest BCUT2D eigenvalue weighted by atomic mass is 16.5. The molecule has 3 aromatic rings. The molecular formula is C28H29N3O5. The smallest absolute Gasteiger partial charge is 0.328 e. The molecule has 0 saturated carbocycles. The third-order valence-corrected chi connectivity index (χ3v) is 5.75. The van der Waals surface area contributed by atoms with Gasteiger partial charge in [0, 0.05) is 19.9 Å². The van der Waals surface area contributed by atoms with E-state index in [9.17, 15) is 9.59 Å². The molecule has 2 unspecified atom stereocenters. The van der Waals surface area contributed by atoms with Gasteiger partial charge < -0.3 is 24.4 Å². The number of para-hydroxylation sites is 3. The van der Waals surface area contributed by atoms with E-state index in [1.807, 2.05) is 90.8 Å². The molecule has 0 spiro atoms. The van der Waals surface area contributed by atoms with Gasteiger partial charge in [-0.15, -0.1) is 0 Å². The molecule has 0 aromatic heterocycles. The highest BCUT2D eigenvalue weighted by Gasteiger charge is 2.30. The molecular weight excluding hydrogens is 458 g/mol. The zero-order chi connectivity index (χ0) is 25.5. The van der Waals surface area contributed by atoms with Gasteiger partial charge in [0.25, 0.3) is 0 Å². The van der Waals surface area contributed by atoms with Crippen LogP contribution in [0.25, 0.3) is 0 Å². The maximum Gasteiger partial charge on any atom is 0.328 e. The quantitative estimate of drug-likeness (QED) is 0.434. The molecule has 0 saturated heterocycles. The van der Waals surface area contributed by atoms with E-state index in [-0.39, 0.29) is 12.3 Å². The summed E-state index contributed by atoms with van der Waals surface area (Å²) < 4.78 is 16.9. The van der Waals surface area contributed by atoms with E-state index in [0.29, 0.717) is 23.6 Å². The number of ether oxygens (including phenoxy) is 3.